The summed E-state index contributed by atoms with van der Waals surface area (Å²) in [5, 5.41) is 12.8. The van der Waals surface area contributed by atoms with E-state index in [-0.39, 0.29) is 13.0 Å². The van der Waals surface area contributed by atoms with E-state index in [1.807, 2.05) is 32.0 Å². The molecule has 26 heavy (non-hydrogen) atoms. The second kappa shape index (κ2) is 7.02. The van der Waals surface area contributed by atoms with E-state index in [4.69, 9.17) is 16.3 Å². The zero-order chi connectivity index (χ0) is 18.9. The molecule has 0 unspecified atom stereocenters. The molecule has 0 aliphatic carbocycles. The van der Waals surface area contributed by atoms with E-state index >= 15 is 0 Å². The molecule has 1 saturated heterocycles. The third kappa shape index (κ3) is 3.54. The van der Waals surface area contributed by atoms with Crippen LogP contribution in [0.3, 0.4) is 0 Å². The minimum Gasteiger partial charge on any atom is -0.484 e. The summed E-state index contributed by atoms with van der Waals surface area (Å²) in [5.41, 5.74) is 4.63. The van der Waals surface area contributed by atoms with Crippen LogP contribution >= 0.6 is 11.6 Å². The number of hydrazine groups is 1. The van der Waals surface area contributed by atoms with Gasteiger partial charge in [-0.1, -0.05) is 36.4 Å². The van der Waals surface area contributed by atoms with E-state index in [1.54, 1.807) is 24.3 Å². The highest BCUT2D eigenvalue weighted by molar-refractivity contribution is 6.30. The Morgan fingerprint density at radius 2 is 1.96 bits per heavy atom. The summed E-state index contributed by atoms with van der Waals surface area (Å²) in [7, 11) is 0. The van der Waals surface area contributed by atoms with E-state index < -0.39 is 11.6 Å². The number of aryl methyl sites for hydroxylation is 2. The highest BCUT2D eigenvalue weighted by Crippen LogP contribution is 2.36. The van der Waals surface area contributed by atoms with Gasteiger partial charge in [0.1, 0.15) is 5.75 Å². The molecule has 5 nitrogen and oxygen atoms in total. The Balaban J connectivity index is 1.77. The number of rotatable bonds is 4. The van der Waals surface area contributed by atoms with Crippen LogP contribution in [-0.2, 0) is 10.5 Å². The van der Waals surface area contributed by atoms with E-state index in [1.165, 1.54) is 5.01 Å². The molecule has 2 aromatic rings. The first-order valence-electron chi connectivity index (χ1n) is 8.25. The maximum absolute atomic E-state index is 12.7. The van der Waals surface area contributed by atoms with Crippen LogP contribution in [0.2, 0.25) is 5.02 Å². The van der Waals surface area contributed by atoms with Gasteiger partial charge in [-0.15, -0.1) is 0 Å². The number of hydrogen-bond acceptors (Lipinski definition) is 4. The quantitative estimate of drug-likeness (QED) is 0.863. The first-order chi connectivity index (χ1) is 12.3. The van der Waals surface area contributed by atoms with Gasteiger partial charge in [0.25, 0.3) is 5.91 Å². The molecule has 0 saturated carbocycles. The fraction of sp³-hybridized carbons (Fsp3) is 0.250. The van der Waals surface area contributed by atoms with Crippen LogP contribution in [0.5, 0.6) is 5.75 Å². The normalized spacial score (nSPS) is 19.4. The first-order valence-corrected chi connectivity index (χ1v) is 8.63. The van der Waals surface area contributed by atoms with Crippen molar-refractivity contribution in [2.45, 2.75) is 26.0 Å². The van der Waals surface area contributed by atoms with Crippen molar-refractivity contribution in [3.8, 4) is 5.75 Å². The van der Waals surface area contributed by atoms with E-state index in [0.717, 1.165) is 11.1 Å². The summed E-state index contributed by atoms with van der Waals surface area (Å²) >= 11 is 5.92. The summed E-state index contributed by atoms with van der Waals surface area (Å²) in [6, 6.07) is 12.4. The topological polar surface area (TPSA) is 61.8 Å². The lowest BCUT2D eigenvalue weighted by Gasteiger charge is -2.32. The van der Waals surface area contributed by atoms with Crippen molar-refractivity contribution < 1.29 is 14.6 Å². The Kier molecular flexibility index (Phi) is 4.94. The van der Waals surface area contributed by atoms with Gasteiger partial charge in [-0.3, -0.25) is 10.2 Å². The van der Waals surface area contributed by atoms with Gasteiger partial charge in [-0.25, -0.2) is 5.01 Å². The number of nitrogens with one attached hydrogen (secondary N) is 1. The minimum absolute atomic E-state index is 0.185. The first kappa shape index (κ1) is 18.3. The number of aliphatic hydroxyl groups is 1. The molecule has 2 aromatic carbocycles. The van der Waals surface area contributed by atoms with Crippen molar-refractivity contribution in [1.82, 2.24) is 10.4 Å². The van der Waals surface area contributed by atoms with Gasteiger partial charge < -0.3 is 9.84 Å². The molecule has 1 aliphatic rings. The second-order valence-electron chi connectivity index (χ2n) is 6.48. The van der Waals surface area contributed by atoms with Gasteiger partial charge in [-0.2, -0.15) is 0 Å². The van der Waals surface area contributed by atoms with Crippen molar-refractivity contribution >= 4 is 17.5 Å². The lowest BCUT2D eigenvalue weighted by atomic mass is 9.99. The largest absolute Gasteiger partial charge is 0.484 e. The third-order valence-corrected chi connectivity index (χ3v) is 4.75. The number of carbonyl (C=O) groups is 1. The molecule has 2 N–H and O–H groups in total. The molecule has 1 amide bonds. The summed E-state index contributed by atoms with van der Waals surface area (Å²) in [5.74, 6) is 0.203. The molecular weight excluding hydrogens is 352 g/mol. The van der Waals surface area contributed by atoms with Crippen LogP contribution in [-0.4, -0.2) is 22.6 Å². The van der Waals surface area contributed by atoms with Crippen molar-refractivity contribution in [3.05, 3.63) is 76.5 Å². The van der Waals surface area contributed by atoms with Crippen molar-refractivity contribution in [2.24, 2.45) is 0 Å². The lowest BCUT2D eigenvalue weighted by Crippen LogP contribution is -2.51. The zero-order valence-electron chi connectivity index (χ0n) is 14.8. The fourth-order valence-corrected chi connectivity index (χ4v) is 3.02. The van der Waals surface area contributed by atoms with Crippen LogP contribution in [0.4, 0.5) is 0 Å². The van der Waals surface area contributed by atoms with Crippen LogP contribution in [0.15, 0.2) is 54.7 Å². The van der Waals surface area contributed by atoms with Crippen molar-refractivity contribution in [1.29, 1.82) is 0 Å². The highest BCUT2D eigenvalue weighted by Gasteiger charge is 2.45. The Morgan fingerprint density at radius 3 is 2.62 bits per heavy atom. The SMILES string of the molecule is C=C1C[C@@](O)(c2ccc(Cl)cc2)N(C(=O)COc2ccc(C)c(C)c2)N1. The molecule has 1 fully saturated rings. The standard InChI is InChI=1S/C20H21ClN2O3/c1-13-4-9-18(10-14(13)2)26-12-19(24)23-20(25,11-15(3)22-23)16-5-7-17(21)8-6-16/h4-10,22,25H,3,11-12H2,1-2H3/t20-/m1/s1. The molecule has 1 atom stereocenters. The van der Waals surface area contributed by atoms with E-state index in [9.17, 15) is 9.90 Å². The second-order valence-corrected chi connectivity index (χ2v) is 6.92. The zero-order valence-corrected chi connectivity index (χ0v) is 15.5. The molecule has 3 rings (SSSR count). The summed E-state index contributed by atoms with van der Waals surface area (Å²) in [4.78, 5) is 12.7. The molecule has 0 bridgehead atoms. The van der Waals surface area contributed by atoms with Gasteiger partial charge >= 0.3 is 0 Å². The average Bonchev–Trinajstić information content (AvgIpc) is 2.92. The van der Waals surface area contributed by atoms with Crippen molar-refractivity contribution in [2.75, 3.05) is 6.61 Å². The van der Waals surface area contributed by atoms with E-state index in [2.05, 4.69) is 12.0 Å². The van der Waals surface area contributed by atoms with Crippen LogP contribution in [0, 0.1) is 13.8 Å². The van der Waals surface area contributed by atoms with Crippen LogP contribution < -0.4 is 10.2 Å². The molecule has 1 aliphatic heterocycles. The van der Waals surface area contributed by atoms with Crippen LogP contribution in [0.25, 0.3) is 0 Å². The molecule has 0 aromatic heterocycles. The number of amides is 1. The van der Waals surface area contributed by atoms with Crippen LogP contribution in [0.1, 0.15) is 23.1 Å². The number of carbonyl (C=O) groups excluding carboxylic acids is 1. The lowest BCUT2D eigenvalue weighted by molar-refractivity contribution is -0.163. The maximum Gasteiger partial charge on any atom is 0.281 e. The Hall–Kier alpha value is -2.50. The summed E-state index contributed by atoms with van der Waals surface area (Å²) in [6.07, 6.45) is 0.185. The van der Waals surface area contributed by atoms with Gasteiger partial charge in [0.15, 0.2) is 12.3 Å². The predicted octanol–water partition coefficient (Wildman–Crippen LogP) is 3.43. The Labute approximate surface area is 157 Å². The number of halogens is 1. The summed E-state index contributed by atoms with van der Waals surface area (Å²) < 4.78 is 5.61. The molecule has 136 valence electrons. The molecule has 0 spiro atoms. The van der Waals surface area contributed by atoms with Gasteiger partial charge in [0, 0.05) is 22.7 Å². The third-order valence-electron chi connectivity index (χ3n) is 4.50. The minimum atomic E-state index is -1.54. The van der Waals surface area contributed by atoms with Gasteiger partial charge in [0.05, 0.1) is 0 Å². The Morgan fingerprint density at radius 1 is 1.27 bits per heavy atom. The number of ether oxygens (including phenoxy) is 1. The maximum atomic E-state index is 12.7. The number of hydrogen-bond donors (Lipinski definition) is 2. The van der Waals surface area contributed by atoms with E-state index in [0.29, 0.717) is 22.0 Å². The molecule has 0 radical (unpaired) electrons. The smallest absolute Gasteiger partial charge is 0.281 e. The number of benzene rings is 2. The van der Waals surface area contributed by atoms with Gasteiger partial charge in [0.2, 0.25) is 0 Å². The fourth-order valence-electron chi connectivity index (χ4n) is 2.90. The highest BCUT2D eigenvalue weighted by atomic mass is 35.5. The Bertz CT molecular complexity index is 851. The predicted molar refractivity (Wildman–Crippen MR) is 100 cm³/mol. The molecule has 1 heterocycles. The number of nitrogens with zero attached hydrogens (tertiary/aromatic N) is 1. The van der Waals surface area contributed by atoms with Gasteiger partial charge in [-0.05, 0) is 49.2 Å². The average molecular weight is 373 g/mol. The van der Waals surface area contributed by atoms with Crippen molar-refractivity contribution in [3.63, 3.8) is 0 Å². The molecule has 6 heteroatoms. The molecular formula is C20H21ClN2O3. The monoisotopic (exact) mass is 372 g/mol. The summed E-state index contributed by atoms with van der Waals surface area (Å²) in [6.45, 7) is 7.62.